The molecule has 0 amide bonds. The number of hydrogen-bond acceptors (Lipinski definition) is 5. The molecule has 6 nitrogen and oxygen atoms in total. The zero-order chi connectivity index (χ0) is 14.8. The zero-order valence-corrected chi connectivity index (χ0v) is 12.4. The third-order valence-electron chi connectivity index (χ3n) is 2.98. The normalized spacial score (nSPS) is 16.9. The Bertz CT molecular complexity index is 610. The minimum atomic E-state index is -3.74. The predicted octanol–water partition coefficient (Wildman–Crippen LogP) is 1.10. The van der Waals surface area contributed by atoms with E-state index >= 15 is 0 Å². The van der Waals surface area contributed by atoms with Gasteiger partial charge in [0.25, 0.3) is 5.24 Å². The Morgan fingerprint density at radius 3 is 2.55 bits per heavy atom. The number of hydrogen-bond donors (Lipinski definition) is 0. The largest absolute Gasteiger partial charge is 0.495 e. The molecule has 1 aromatic rings. The van der Waals surface area contributed by atoms with Gasteiger partial charge in [0.1, 0.15) is 10.6 Å². The van der Waals surface area contributed by atoms with Crippen molar-refractivity contribution in [2.24, 2.45) is 0 Å². The van der Waals surface area contributed by atoms with E-state index in [9.17, 15) is 13.2 Å². The number of carbonyl (C=O) groups is 1. The molecule has 1 aliphatic heterocycles. The molecule has 0 spiro atoms. The number of carbonyl (C=O) groups excluding carboxylic acids is 1. The highest BCUT2D eigenvalue weighted by Crippen LogP contribution is 2.28. The van der Waals surface area contributed by atoms with E-state index in [1.165, 1.54) is 29.6 Å². The van der Waals surface area contributed by atoms with Gasteiger partial charge in [-0.25, -0.2) is 8.42 Å². The van der Waals surface area contributed by atoms with Crippen LogP contribution in [0.3, 0.4) is 0 Å². The fourth-order valence-corrected chi connectivity index (χ4v) is 3.63. The first kappa shape index (κ1) is 15.2. The maximum atomic E-state index is 12.6. The van der Waals surface area contributed by atoms with Crippen LogP contribution in [0, 0.1) is 0 Å². The van der Waals surface area contributed by atoms with Gasteiger partial charge in [0.15, 0.2) is 0 Å². The maximum absolute atomic E-state index is 12.6. The van der Waals surface area contributed by atoms with E-state index in [4.69, 9.17) is 21.1 Å². The number of methoxy groups -OCH3 is 1. The van der Waals surface area contributed by atoms with E-state index in [1.807, 2.05) is 0 Å². The van der Waals surface area contributed by atoms with Gasteiger partial charge in [-0.1, -0.05) is 0 Å². The molecule has 0 N–H and O–H groups in total. The van der Waals surface area contributed by atoms with E-state index in [-0.39, 0.29) is 29.3 Å². The Labute approximate surface area is 122 Å². The molecule has 0 bridgehead atoms. The number of benzene rings is 1. The van der Waals surface area contributed by atoms with Crippen molar-refractivity contribution >= 4 is 26.9 Å². The number of halogens is 1. The number of rotatable bonds is 4. The standard InChI is InChI=1S/C12H14ClNO5S/c1-18-10-3-2-9(12(13)15)8-11(10)20(16,17)14-4-6-19-7-5-14/h2-3,8H,4-7H2,1H3. The van der Waals surface area contributed by atoms with Crippen molar-refractivity contribution in [2.45, 2.75) is 4.90 Å². The van der Waals surface area contributed by atoms with Gasteiger partial charge in [0.05, 0.1) is 20.3 Å². The Balaban J connectivity index is 2.48. The quantitative estimate of drug-likeness (QED) is 0.777. The summed E-state index contributed by atoms with van der Waals surface area (Å²) in [5.41, 5.74) is 0.110. The fraction of sp³-hybridized carbons (Fsp3) is 0.417. The summed E-state index contributed by atoms with van der Waals surface area (Å²) in [5.74, 6) is 0.179. The van der Waals surface area contributed by atoms with Gasteiger partial charge in [-0.15, -0.1) is 0 Å². The first-order chi connectivity index (χ1) is 9.46. The minimum Gasteiger partial charge on any atom is -0.495 e. The van der Waals surface area contributed by atoms with Crippen LogP contribution in [-0.2, 0) is 14.8 Å². The van der Waals surface area contributed by atoms with Gasteiger partial charge in [0, 0.05) is 18.7 Å². The number of sulfonamides is 1. The van der Waals surface area contributed by atoms with Gasteiger partial charge >= 0.3 is 0 Å². The van der Waals surface area contributed by atoms with Crippen LogP contribution in [0.2, 0.25) is 0 Å². The van der Waals surface area contributed by atoms with Crippen molar-refractivity contribution < 1.29 is 22.7 Å². The summed E-state index contributed by atoms with van der Waals surface area (Å²) in [5, 5.41) is -0.717. The van der Waals surface area contributed by atoms with Gasteiger partial charge in [-0.05, 0) is 29.8 Å². The second-order valence-corrected chi connectivity index (χ2v) is 6.41. The average Bonchev–Trinajstić information content (AvgIpc) is 2.47. The average molecular weight is 320 g/mol. The molecule has 1 fully saturated rings. The predicted molar refractivity (Wildman–Crippen MR) is 72.8 cm³/mol. The van der Waals surface area contributed by atoms with E-state index in [0.29, 0.717) is 13.2 Å². The fourth-order valence-electron chi connectivity index (χ4n) is 1.93. The Morgan fingerprint density at radius 2 is 2.00 bits per heavy atom. The summed E-state index contributed by atoms with van der Waals surface area (Å²) >= 11 is 5.40. The summed E-state index contributed by atoms with van der Waals surface area (Å²) in [6, 6.07) is 4.08. The summed E-state index contributed by atoms with van der Waals surface area (Å²) < 4.78 is 36.7. The van der Waals surface area contributed by atoms with Crippen LogP contribution >= 0.6 is 11.6 Å². The lowest BCUT2D eigenvalue weighted by Gasteiger charge is -2.26. The highest BCUT2D eigenvalue weighted by molar-refractivity contribution is 7.89. The number of nitrogens with zero attached hydrogens (tertiary/aromatic N) is 1. The molecule has 0 atom stereocenters. The molecule has 1 saturated heterocycles. The first-order valence-electron chi connectivity index (χ1n) is 5.92. The molecule has 0 unspecified atom stereocenters. The zero-order valence-electron chi connectivity index (χ0n) is 10.8. The molecule has 110 valence electrons. The molecule has 20 heavy (non-hydrogen) atoms. The van der Waals surface area contributed by atoms with Crippen LogP contribution < -0.4 is 4.74 Å². The Morgan fingerprint density at radius 1 is 1.35 bits per heavy atom. The van der Waals surface area contributed by atoms with Crippen LogP contribution in [0.25, 0.3) is 0 Å². The molecule has 0 aromatic heterocycles. The van der Waals surface area contributed by atoms with E-state index in [1.54, 1.807) is 0 Å². The molecule has 0 radical (unpaired) electrons. The van der Waals surface area contributed by atoms with E-state index in [2.05, 4.69) is 0 Å². The monoisotopic (exact) mass is 319 g/mol. The number of morpholine rings is 1. The SMILES string of the molecule is COc1ccc(C(=O)Cl)cc1S(=O)(=O)N1CCOCC1. The summed E-state index contributed by atoms with van der Waals surface area (Å²) in [7, 11) is -2.37. The molecule has 1 heterocycles. The van der Waals surface area contributed by atoms with Crippen molar-refractivity contribution in [3.63, 3.8) is 0 Å². The Kier molecular flexibility index (Phi) is 4.64. The second-order valence-electron chi connectivity index (χ2n) is 4.16. The first-order valence-corrected chi connectivity index (χ1v) is 7.74. The molecular formula is C12H14ClNO5S. The van der Waals surface area contributed by atoms with Crippen LogP contribution in [-0.4, -0.2) is 51.4 Å². The topological polar surface area (TPSA) is 72.9 Å². The van der Waals surface area contributed by atoms with Gasteiger partial charge in [0.2, 0.25) is 10.0 Å². The van der Waals surface area contributed by atoms with E-state index < -0.39 is 15.3 Å². The highest BCUT2D eigenvalue weighted by Gasteiger charge is 2.29. The third kappa shape index (κ3) is 2.95. The Hall–Kier alpha value is -1.15. The van der Waals surface area contributed by atoms with Crippen molar-refractivity contribution in [1.29, 1.82) is 0 Å². The molecule has 1 aliphatic rings. The van der Waals surface area contributed by atoms with E-state index in [0.717, 1.165) is 0 Å². The lowest BCUT2D eigenvalue weighted by Crippen LogP contribution is -2.40. The van der Waals surface area contributed by atoms with Gasteiger partial charge in [-0.3, -0.25) is 4.79 Å². The summed E-state index contributed by atoms with van der Waals surface area (Å²) in [6.07, 6.45) is 0. The third-order valence-corrected chi connectivity index (χ3v) is 5.12. The van der Waals surface area contributed by atoms with Crippen LogP contribution in [0.15, 0.2) is 23.1 Å². The molecule has 0 saturated carbocycles. The van der Waals surface area contributed by atoms with Crippen LogP contribution in [0.5, 0.6) is 5.75 Å². The van der Waals surface area contributed by atoms with Crippen molar-refractivity contribution in [3.8, 4) is 5.75 Å². The maximum Gasteiger partial charge on any atom is 0.252 e. The van der Waals surface area contributed by atoms with Crippen molar-refractivity contribution in [1.82, 2.24) is 4.31 Å². The highest BCUT2D eigenvalue weighted by atomic mass is 35.5. The minimum absolute atomic E-state index is 0.0617. The molecule has 0 aliphatic carbocycles. The lowest BCUT2D eigenvalue weighted by atomic mass is 10.2. The summed E-state index contributed by atoms with van der Waals surface area (Å²) in [4.78, 5) is 11.1. The summed E-state index contributed by atoms with van der Waals surface area (Å²) in [6.45, 7) is 1.22. The van der Waals surface area contributed by atoms with Crippen LogP contribution in [0.4, 0.5) is 0 Å². The van der Waals surface area contributed by atoms with Gasteiger partial charge in [-0.2, -0.15) is 4.31 Å². The van der Waals surface area contributed by atoms with Crippen molar-refractivity contribution in [2.75, 3.05) is 33.4 Å². The lowest BCUT2D eigenvalue weighted by molar-refractivity contribution is 0.0729. The second kappa shape index (κ2) is 6.09. The van der Waals surface area contributed by atoms with Crippen LogP contribution in [0.1, 0.15) is 10.4 Å². The number of ether oxygens (including phenoxy) is 2. The smallest absolute Gasteiger partial charge is 0.252 e. The molecule has 1 aromatic carbocycles. The molecule has 2 rings (SSSR count). The molecule has 8 heteroatoms. The molecular weight excluding hydrogens is 306 g/mol. The van der Waals surface area contributed by atoms with Crippen molar-refractivity contribution in [3.05, 3.63) is 23.8 Å². The van der Waals surface area contributed by atoms with Gasteiger partial charge < -0.3 is 9.47 Å².